The minimum atomic E-state index is 0.882. The molecule has 0 amide bonds. The molecule has 1 rings (SSSR count). The summed E-state index contributed by atoms with van der Waals surface area (Å²) in [6.45, 7) is 2.24. The monoisotopic (exact) mass is 236 g/mol. The predicted octanol–water partition coefficient (Wildman–Crippen LogP) is 4.22. The van der Waals surface area contributed by atoms with Crippen molar-refractivity contribution in [3.8, 4) is 11.5 Å². The second-order valence-corrected chi connectivity index (χ2v) is 4.39. The Bertz CT molecular complexity index is 298. The van der Waals surface area contributed by atoms with Crippen molar-refractivity contribution in [2.45, 2.75) is 45.4 Å². The van der Waals surface area contributed by atoms with Gasteiger partial charge in [-0.2, -0.15) is 0 Å². The third kappa shape index (κ3) is 5.12. The Balaban J connectivity index is 2.46. The Morgan fingerprint density at radius 2 is 1.41 bits per heavy atom. The molecule has 0 atom stereocenters. The number of methoxy groups -OCH3 is 2. The summed E-state index contributed by atoms with van der Waals surface area (Å²) in [6.07, 6.45) is 7.66. The summed E-state index contributed by atoms with van der Waals surface area (Å²) in [5.41, 5.74) is 1.30. The molecule has 0 aliphatic heterocycles. The van der Waals surface area contributed by atoms with Gasteiger partial charge in [-0.15, -0.1) is 0 Å². The van der Waals surface area contributed by atoms with Crippen molar-refractivity contribution in [1.82, 2.24) is 0 Å². The van der Waals surface area contributed by atoms with Crippen LogP contribution in [0.1, 0.15) is 44.6 Å². The van der Waals surface area contributed by atoms with Crippen molar-refractivity contribution in [2.24, 2.45) is 0 Å². The molecule has 0 aliphatic rings. The number of aryl methyl sites for hydroxylation is 1. The van der Waals surface area contributed by atoms with Crippen LogP contribution in [0.3, 0.4) is 0 Å². The summed E-state index contributed by atoms with van der Waals surface area (Å²) in [5.74, 6) is 1.76. The lowest BCUT2D eigenvalue weighted by atomic mass is 10.0. The number of hydrogen-bond donors (Lipinski definition) is 0. The van der Waals surface area contributed by atoms with E-state index in [1.165, 1.54) is 37.7 Å². The van der Waals surface area contributed by atoms with Crippen LogP contribution in [-0.2, 0) is 6.42 Å². The van der Waals surface area contributed by atoms with E-state index in [1.807, 2.05) is 6.07 Å². The largest absolute Gasteiger partial charge is 0.497 e. The summed E-state index contributed by atoms with van der Waals surface area (Å²) < 4.78 is 10.5. The summed E-state index contributed by atoms with van der Waals surface area (Å²) >= 11 is 0. The van der Waals surface area contributed by atoms with E-state index in [0.717, 1.165) is 17.9 Å². The van der Waals surface area contributed by atoms with E-state index < -0.39 is 0 Å². The van der Waals surface area contributed by atoms with E-state index in [9.17, 15) is 0 Å². The molecule has 0 fully saturated rings. The maximum absolute atomic E-state index is 5.26. The number of benzene rings is 1. The molecule has 0 bridgehead atoms. The first-order valence-corrected chi connectivity index (χ1v) is 6.52. The first-order valence-electron chi connectivity index (χ1n) is 6.52. The lowest BCUT2D eigenvalue weighted by Gasteiger charge is -2.08. The van der Waals surface area contributed by atoms with Crippen molar-refractivity contribution >= 4 is 0 Å². The van der Waals surface area contributed by atoms with Crippen LogP contribution in [0.5, 0.6) is 11.5 Å². The van der Waals surface area contributed by atoms with Crippen molar-refractivity contribution in [2.75, 3.05) is 14.2 Å². The van der Waals surface area contributed by atoms with Crippen LogP contribution in [0.2, 0.25) is 0 Å². The maximum Gasteiger partial charge on any atom is 0.122 e. The normalized spacial score (nSPS) is 10.3. The Morgan fingerprint density at radius 1 is 0.824 bits per heavy atom. The maximum atomic E-state index is 5.26. The molecule has 0 radical (unpaired) electrons. The Morgan fingerprint density at radius 3 is 1.94 bits per heavy atom. The topological polar surface area (TPSA) is 18.5 Å². The second-order valence-electron chi connectivity index (χ2n) is 4.39. The summed E-state index contributed by atoms with van der Waals surface area (Å²) in [7, 11) is 3.39. The van der Waals surface area contributed by atoms with E-state index >= 15 is 0 Å². The highest BCUT2D eigenvalue weighted by Crippen LogP contribution is 2.23. The van der Waals surface area contributed by atoms with E-state index in [0.29, 0.717) is 0 Å². The zero-order valence-corrected chi connectivity index (χ0v) is 11.3. The van der Waals surface area contributed by atoms with Gasteiger partial charge in [0.1, 0.15) is 11.5 Å². The SMILES string of the molecule is CCCCCCCc1cc(OC)cc(OC)c1. The Kier molecular flexibility index (Phi) is 6.53. The van der Waals surface area contributed by atoms with Crippen LogP contribution in [0.4, 0.5) is 0 Å². The molecule has 0 unspecified atom stereocenters. The van der Waals surface area contributed by atoms with Crippen molar-refractivity contribution in [1.29, 1.82) is 0 Å². The fraction of sp³-hybridized carbons (Fsp3) is 0.600. The molecule has 0 saturated carbocycles. The van der Waals surface area contributed by atoms with Gasteiger partial charge in [0, 0.05) is 6.07 Å². The lowest BCUT2D eigenvalue weighted by Crippen LogP contribution is -1.92. The molecule has 0 saturated heterocycles. The van der Waals surface area contributed by atoms with Crippen LogP contribution in [0, 0.1) is 0 Å². The molecule has 17 heavy (non-hydrogen) atoms. The third-order valence-corrected chi connectivity index (χ3v) is 2.98. The molecule has 1 aromatic rings. The lowest BCUT2D eigenvalue weighted by molar-refractivity contribution is 0.393. The quantitative estimate of drug-likeness (QED) is 0.629. The second kappa shape index (κ2) is 7.99. The molecule has 0 N–H and O–H groups in total. The number of rotatable bonds is 8. The fourth-order valence-electron chi connectivity index (χ4n) is 1.94. The highest BCUT2D eigenvalue weighted by Gasteiger charge is 2.01. The first kappa shape index (κ1) is 13.9. The van der Waals surface area contributed by atoms with Gasteiger partial charge in [0.2, 0.25) is 0 Å². The highest BCUT2D eigenvalue weighted by molar-refractivity contribution is 5.38. The molecule has 1 aromatic carbocycles. The number of hydrogen-bond acceptors (Lipinski definition) is 2. The van der Waals surface area contributed by atoms with Crippen LogP contribution in [-0.4, -0.2) is 14.2 Å². The van der Waals surface area contributed by atoms with Crippen LogP contribution >= 0.6 is 0 Å². The van der Waals surface area contributed by atoms with Gasteiger partial charge in [0.25, 0.3) is 0 Å². The standard InChI is InChI=1S/C15H24O2/c1-4-5-6-7-8-9-13-10-14(16-2)12-15(11-13)17-3/h10-12H,4-9H2,1-3H3. The Labute approximate surface area is 105 Å². The van der Waals surface area contributed by atoms with Gasteiger partial charge >= 0.3 is 0 Å². The van der Waals surface area contributed by atoms with Gasteiger partial charge in [-0.3, -0.25) is 0 Å². The average molecular weight is 236 g/mol. The molecule has 0 spiro atoms. The summed E-state index contributed by atoms with van der Waals surface area (Å²) in [5, 5.41) is 0. The minimum Gasteiger partial charge on any atom is -0.497 e. The van der Waals surface area contributed by atoms with E-state index in [1.54, 1.807) is 14.2 Å². The van der Waals surface area contributed by atoms with Gasteiger partial charge in [-0.25, -0.2) is 0 Å². The molecule has 0 aromatic heterocycles. The average Bonchev–Trinajstić information content (AvgIpc) is 2.38. The molecule has 96 valence electrons. The van der Waals surface area contributed by atoms with E-state index in [-0.39, 0.29) is 0 Å². The van der Waals surface area contributed by atoms with Crippen molar-refractivity contribution in [3.63, 3.8) is 0 Å². The van der Waals surface area contributed by atoms with Crippen LogP contribution < -0.4 is 9.47 Å². The molecule has 2 nitrogen and oxygen atoms in total. The van der Waals surface area contributed by atoms with Crippen LogP contribution in [0.15, 0.2) is 18.2 Å². The molecule has 2 heteroatoms. The smallest absolute Gasteiger partial charge is 0.122 e. The number of unbranched alkanes of at least 4 members (excludes halogenated alkanes) is 4. The summed E-state index contributed by atoms with van der Waals surface area (Å²) in [4.78, 5) is 0. The van der Waals surface area contributed by atoms with Gasteiger partial charge < -0.3 is 9.47 Å². The van der Waals surface area contributed by atoms with Crippen molar-refractivity contribution in [3.05, 3.63) is 23.8 Å². The van der Waals surface area contributed by atoms with Crippen molar-refractivity contribution < 1.29 is 9.47 Å². The first-order chi connectivity index (χ1) is 8.30. The molecular formula is C15H24O2. The highest BCUT2D eigenvalue weighted by atomic mass is 16.5. The fourth-order valence-corrected chi connectivity index (χ4v) is 1.94. The van der Waals surface area contributed by atoms with E-state index in [2.05, 4.69) is 19.1 Å². The number of ether oxygens (including phenoxy) is 2. The van der Waals surface area contributed by atoms with E-state index in [4.69, 9.17) is 9.47 Å². The van der Waals surface area contributed by atoms with Gasteiger partial charge in [0.15, 0.2) is 0 Å². The predicted molar refractivity (Wildman–Crippen MR) is 72.0 cm³/mol. The van der Waals surface area contributed by atoms with Gasteiger partial charge in [0.05, 0.1) is 14.2 Å². The minimum absolute atomic E-state index is 0.882. The van der Waals surface area contributed by atoms with Crippen LogP contribution in [0.25, 0.3) is 0 Å². The zero-order valence-electron chi connectivity index (χ0n) is 11.3. The molecule has 0 heterocycles. The molecular weight excluding hydrogens is 212 g/mol. The third-order valence-electron chi connectivity index (χ3n) is 2.98. The Hall–Kier alpha value is -1.18. The zero-order chi connectivity index (χ0) is 12.5. The summed E-state index contributed by atoms with van der Waals surface area (Å²) in [6, 6.07) is 6.12. The van der Waals surface area contributed by atoms with Gasteiger partial charge in [-0.1, -0.05) is 32.6 Å². The van der Waals surface area contributed by atoms with Gasteiger partial charge in [-0.05, 0) is 30.5 Å². The molecule has 0 aliphatic carbocycles.